The highest BCUT2D eigenvalue weighted by atomic mass is 35.5. The van der Waals surface area contributed by atoms with Gasteiger partial charge in [0.2, 0.25) is 0 Å². The SMILES string of the molecule is CCCCCCCC(N)Cc1ccc(Cl)cc1. The molecule has 1 unspecified atom stereocenters. The molecule has 0 aromatic heterocycles. The molecule has 0 saturated carbocycles. The van der Waals surface area contributed by atoms with Crippen LogP contribution >= 0.6 is 11.6 Å². The first kappa shape index (κ1) is 14.5. The number of hydrogen-bond acceptors (Lipinski definition) is 1. The van der Waals surface area contributed by atoms with E-state index in [-0.39, 0.29) is 6.04 Å². The standard InChI is InChI=1S/C15H24ClN/c1-2-3-4-5-6-7-15(17)12-13-8-10-14(16)11-9-13/h8-11,15H,2-7,12,17H2,1H3. The van der Waals surface area contributed by atoms with E-state index < -0.39 is 0 Å². The van der Waals surface area contributed by atoms with Gasteiger partial charge in [-0.1, -0.05) is 62.8 Å². The third-order valence-electron chi connectivity index (χ3n) is 3.09. The highest BCUT2D eigenvalue weighted by molar-refractivity contribution is 6.30. The summed E-state index contributed by atoms with van der Waals surface area (Å²) in [5.74, 6) is 0. The van der Waals surface area contributed by atoms with E-state index in [0.717, 1.165) is 17.9 Å². The van der Waals surface area contributed by atoms with E-state index in [2.05, 4.69) is 19.1 Å². The van der Waals surface area contributed by atoms with Crippen LogP contribution in [0, 0.1) is 0 Å². The minimum absolute atomic E-state index is 0.290. The van der Waals surface area contributed by atoms with Gasteiger partial charge in [-0.25, -0.2) is 0 Å². The van der Waals surface area contributed by atoms with E-state index in [1.807, 2.05) is 12.1 Å². The van der Waals surface area contributed by atoms with Crippen molar-refractivity contribution in [2.45, 2.75) is 57.9 Å². The van der Waals surface area contributed by atoms with Crippen LogP contribution in [0.2, 0.25) is 5.02 Å². The molecular formula is C15H24ClN. The summed E-state index contributed by atoms with van der Waals surface area (Å²) in [5.41, 5.74) is 7.41. The quantitative estimate of drug-likeness (QED) is 0.675. The van der Waals surface area contributed by atoms with Crippen molar-refractivity contribution in [3.05, 3.63) is 34.9 Å². The molecule has 0 saturated heterocycles. The highest BCUT2D eigenvalue weighted by Gasteiger charge is 2.03. The molecule has 0 aliphatic carbocycles. The van der Waals surface area contributed by atoms with Crippen LogP contribution in [0.25, 0.3) is 0 Å². The molecule has 0 spiro atoms. The first-order valence-corrected chi connectivity index (χ1v) is 7.10. The van der Waals surface area contributed by atoms with Crippen LogP contribution in [0.1, 0.15) is 51.0 Å². The normalized spacial score (nSPS) is 12.6. The van der Waals surface area contributed by atoms with Gasteiger partial charge in [0.05, 0.1) is 0 Å². The number of halogens is 1. The van der Waals surface area contributed by atoms with Crippen molar-refractivity contribution in [3.8, 4) is 0 Å². The minimum Gasteiger partial charge on any atom is -0.327 e. The maximum Gasteiger partial charge on any atom is 0.0406 e. The van der Waals surface area contributed by atoms with Gasteiger partial charge in [-0.3, -0.25) is 0 Å². The molecule has 0 fully saturated rings. The second-order valence-electron chi connectivity index (χ2n) is 4.79. The van der Waals surface area contributed by atoms with Crippen LogP contribution in [0.3, 0.4) is 0 Å². The van der Waals surface area contributed by atoms with E-state index in [1.54, 1.807) is 0 Å². The molecule has 1 atom stereocenters. The van der Waals surface area contributed by atoms with E-state index in [1.165, 1.54) is 37.7 Å². The molecule has 96 valence electrons. The summed E-state index contributed by atoms with van der Waals surface area (Å²) in [5, 5.41) is 0.793. The van der Waals surface area contributed by atoms with Crippen LogP contribution in [0.15, 0.2) is 24.3 Å². The lowest BCUT2D eigenvalue weighted by molar-refractivity contribution is 0.538. The van der Waals surface area contributed by atoms with Crippen molar-refractivity contribution in [1.82, 2.24) is 0 Å². The summed E-state index contributed by atoms with van der Waals surface area (Å²) in [7, 11) is 0. The Bertz CT molecular complexity index is 294. The summed E-state index contributed by atoms with van der Waals surface area (Å²) in [6.07, 6.45) is 8.68. The van der Waals surface area contributed by atoms with Gasteiger partial charge in [0.15, 0.2) is 0 Å². The summed E-state index contributed by atoms with van der Waals surface area (Å²) >= 11 is 5.85. The fourth-order valence-corrected chi connectivity index (χ4v) is 2.16. The average molecular weight is 254 g/mol. The van der Waals surface area contributed by atoms with Gasteiger partial charge in [-0.15, -0.1) is 0 Å². The first-order chi connectivity index (χ1) is 8.22. The number of benzene rings is 1. The average Bonchev–Trinajstić information content (AvgIpc) is 2.32. The molecule has 1 nitrogen and oxygen atoms in total. The molecule has 0 bridgehead atoms. The molecule has 0 aliphatic rings. The maximum atomic E-state index is 6.13. The van der Waals surface area contributed by atoms with Gasteiger partial charge in [0, 0.05) is 11.1 Å². The zero-order chi connectivity index (χ0) is 12.5. The van der Waals surface area contributed by atoms with E-state index in [9.17, 15) is 0 Å². The maximum absolute atomic E-state index is 6.13. The van der Waals surface area contributed by atoms with Gasteiger partial charge in [0.25, 0.3) is 0 Å². The van der Waals surface area contributed by atoms with E-state index >= 15 is 0 Å². The largest absolute Gasteiger partial charge is 0.327 e. The first-order valence-electron chi connectivity index (χ1n) is 6.72. The second kappa shape index (κ2) is 8.54. The van der Waals surface area contributed by atoms with Gasteiger partial charge in [-0.05, 0) is 30.5 Å². The third-order valence-corrected chi connectivity index (χ3v) is 3.34. The molecule has 0 heterocycles. The fourth-order valence-electron chi connectivity index (χ4n) is 2.04. The molecule has 2 heteroatoms. The van der Waals surface area contributed by atoms with Crippen LogP contribution in [-0.4, -0.2) is 6.04 Å². The van der Waals surface area contributed by atoms with Crippen LogP contribution in [0.4, 0.5) is 0 Å². The Morgan fingerprint density at radius 3 is 2.35 bits per heavy atom. The van der Waals surface area contributed by atoms with Gasteiger partial charge in [0.1, 0.15) is 0 Å². The van der Waals surface area contributed by atoms with Gasteiger partial charge < -0.3 is 5.73 Å². The van der Waals surface area contributed by atoms with Crippen LogP contribution in [0.5, 0.6) is 0 Å². The predicted octanol–water partition coefficient (Wildman–Crippen LogP) is 4.57. The highest BCUT2D eigenvalue weighted by Crippen LogP contribution is 2.13. The van der Waals surface area contributed by atoms with Crippen LogP contribution in [-0.2, 0) is 6.42 Å². The molecule has 1 aromatic carbocycles. The lowest BCUT2D eigenvalue weighted by Gasteiger charge is -2.11. The van der Waals surface area contributed by atoms with E-state index in [0.29, 0.717) is 0 Å². The van der Waals surface area contributed by atoms with E-state index in [4.69, 9.17) is 17.3 Å². The van der Waals surface area contributed by atoms with Crippen LogP contribution < -0.4 is 5.73 Å². The predicted molar refractivity (Wildman–Crippen MR) is 76.5 cm³/mol. The molecule has 17 heavy (non-hydrogen) atoms. The Hall–Kier alpha value is -0.530. The van der Waals surface area contributed by atoms with Crippen molar-refractivity contribution in [1.29, 1.82) is 0 Å². The Kier molecular flexibility index (Phi) is 7.30. The van der Waals surface area contributed by atoms with Crippen molar-refractivity contribution < 1.29 is 0 Å². The Morgan fingerprint density at radius 1 is 1.06 bits per heavy atom. The zero-order valence-electron chi connectivity index (χ0n) is 10.8. The number of unbranched alkanes of at least 4 members (excludes halogenated alkanes) is 4. The van der Waals surface area contributed by atoms with Gasteiger partial charge in [-0.2, -0.15) is 0 Å². The summed E-state index contributed by atoms with van der Waals surface area (Å²) in [6.45, 7) is 2.24. The Balaban J connectivity index is 2.16. The number of hydrogen-bond donors (Lipinski definition) is 1. The molecule has 0 aliphatic heterocycles. The molecule has 0 radical (unpaired) electrons. The molecular weight excluding hydrogens is 230 g/mol. The topological polar surface area (TPSA) is 26.0 Å². The molecule has 2 N–H and O–H groups in total. The lowest BCUT2D eigenvalue weighted by atomic mass is 10.0. The van der Waals surface area contributed by atoms with Crippen molar-refractivity contribution in [3.63, 3.8) is 0 Å². The molecule has 1 rings (SSSR count). The molecule has 1 aromatic rings. The van der Waals surface area contributed by atoms with Crippen molar-refractivity contribution in [2.75, 3.05) is 0 Å². The summed E-state index contributed by atoms with van der Waals surface area (Å²) in [4.78, 5) is 0. The third kappa shape index (κ3) is 6.70. The number of nitrogens with two attached hydrogens (primary N) is 1. The Labute approximate surface area is 110 Å². The smallest absolute Gasteiger partial charge is 0.0406 e. The minimum atomic E-state index is 0.290. The Morgan fingerprint density at radius 2 is 1.71 bits per heavy atom. The second-order valence-corrected chi connectivity index (χ2v) is 5.23. The van der Waals surface area contributed by atoms with Crippen molar-refractivity contribution in [2.24, 2.45) is 5.73 Å². The summed E-state index contributed by atoms with van der Waals surface area (Å²) < 4.78 is 0. The molecule has 0 amide bonds. The fraction of sp³-hybridized carbons (Fsp3) is 0.600. The van der Waals surface area contributed by atoms with Crippen molar-refractivity contribution >= 4 is 11.6 Å². The summed E-state index contributed by atoms with van der Waals surface area (Å²) in [6, 6.07) is 8.30. The number of rotatable bonds is 8. The monoisotopic (exact) mass is 253 g/mol. The lowest BCUT2D eigenvalue weighted by Crippen LogP contribution is -2.22. The van der Waals surface area contributed by atoms with Gasteiger partial charge >= 0.3 is 0 Å². The zero-order valence-corrected chi connectivity index (χ0v) is 11.5.